The number of nitrogens with one attached hydrogen (secondary N) is 1. The number of hydrogen-bond acceptors (Lipinski definition) is 3. The Morgan fingerprint density at radius 3 is 2.53 bits per heavy atom. The Morgan fingerprint density at radius 1 is 1.35 bits per heavy atom. The maximum absolute atomic E-state index is 12.0. The van der Waals surface area contributed by atoms with Gasteiger partial charge in [0.05, 0.1) is 18.4 Å². The minimum absolute atomic E-state index is 0.105. The van der Waals surface area contributed by atoms with E-state index in [9.17, 15) is 4.79 Å². The molecule has 0 heterocycles. The number of benzene rings is 1. The Bertz CT molecular complexity index is 402. The summed E-state index contributed by atoms with van der Waals surface area (Å²) in [6.07, 6.45) is 0. The Balaban J connectivity index is 2.89. The van der Waals surface area contributed by atoms with Gasteiger partial charge in [0, 0.05) is 6.04 Å². The maximum atomic E-state index is 12.0. The third-order valence-electron chi connectivity index (χ3n) is 2.89. The predicted molar refractivity (Wildman–Crippen MR) is 69.2 cm³/mol. The number of ether oxygens (including phenoxy) is 1. The number of anilines is 1. The molecule has 0 aliphatic rings. The quantitative estimate of drug-likeness (QED) is 0.786. The monoisotopic (exact) mass is 236 g/mol. The van der Waals surface area contributed by atoms with Crippen LogP contribution in [-0.4, -0.2) is 19.1 Å². The minimum atomic E-state index is -0.164. The van der Waals surface area contributed by atoms with E-state index >= 15 is 0 Å². The summed E-state index contributed by atoms with van der Waals surface area (Å²) in [7, 11) is 1.53. The first kappa shape index (κ1) is 13.4. The number of rotatable bonds is 4. The molecule has 0 fully saturated rings. The van der Waals surface area contributed by atoms with Crippen molar-refractivity contribution in [2.45, 2.75) is 26.8 Å². The van der Waals surface area contributed by atoms with Gasteiger partial charge in [-0.2, -0.15) is 0 Å². The molecule has 94 valence electrons. The summed E-state index contributed by atoms with van der Waals surface area (Å²) >= 11 is 0. The highest BCUT2D eigenvalue weighted by atomic mass is 16.5. The number of methoxy groups -OCH3 is 1. The van der Waals surface area contributed by atoms with Gasteiger partial charge in [-0.3, -0.25) is 4.79 Å². The van der Waals surface area contributed by atoms with E-state index in [2.05, 4.69) is 19.2 Å². The zero-order valence-electron chi connectivity index (χ0n) is 10.8. The van der Waals surface area contributed by atoms with Gasteiger partial charge in [0.1, 0.15) is 5.75 Å². The highest BCUT2D eigenvalue weighted by Crippen LogP contribution is 2.24. The summed E-state index contributed by atoms with van der Waals surface area (Å²) in [5.74, 6) is 0.739. The van der Waals surface area contributed by atoms with Crippen LogP contribution < -0.4 is 15.8 Å². The van der Waals surface area contributed by atoms with Crippen molar-refractivity contribution in [2.75, 3.05) is 12.8 Å². The molecule has 0 radical (unpaired) electrons. The SMILES string of the molecule is COc1cccc(C(=O)NC(C)C(C)C)c1N. The molecular formula is C13H20N2O2. The zero-order valence-corrected chi connectivity index (χ0v) is 10.8. The lowest BCUT2D eigenvalue weighted by molar-refractivity contribution is 0.0931. The molecule has 0 aliphatic heterocycles. The van der Waals surface area contributed by atoms with E-state index in [1.165, 1.54) is 7.11 Å². The van der Waals surface area contributed by atoms with E-state index in [0.717, 1.165) is 0 Å². The number of hydrogen-bond donors (Lipinski definition) is 2. The summed E-state index contributed by atoms with van der Waals surface area (Å²) in [5.41, 5.74) is 6.69. The van der Waals surface area contributed by atoms with Crippen LogP contribution in [0.25, 0.3) is 0 Å². The molecule has 1 aromatic rings. The van der Waals surface area contributed by atoms with Crippen LogP contribution in [0.3, 0.4) is 0 Å². The molecule has 0 bridgehead atoms. The average molecular weight is 236 g/mol. The number of para-hydroxylation sites is 1. The summed E-state index contributed by atoms with van der Waals surface area (Å²) in [6, 6.07) is 5.29. The number of carbonyl (C=O) groups is 1. The summed E-state index contributed by atoms with van der Waals surface area (Å²) < 4.78 is 5.08. The molecule has 17 heavy (non-hydrogen) atoms. The van der Waals surface area contributed by atoms with Gasteiger partial charge in [-0.15, -0.1) is 0 Å². The number of amides is 1. The van der Waals surface area contributed by atoms with E-state index in [0.29, 0.717) is 22.9 Å². The molecule has 4 nitrogen and oxygen atoms in total. The van der Waals surface area contributed by atoms with Crippen LogP contribution in [0.1, 0.15) is 31.1 Å². The Morgan fingerprint density at radius 2 is 2.00 bits per heavy atom. The maximum Gasteiger partial charge on any atom is 0.253 e. The second kappa shape index (κ2) is 5.57. The second-order valence-electron chi connectivity index (χ2n) is 4.43. The fourth-order valence-electron chi connectivity index (χ4n) is 1.37. The van der Waals surface area contributed by atoms with Crippen LogP contribution in [-0.2, 0) is 0 Å². The second-order valence-corrected chi connectivity index (χ2v) is 4.43. The smallest absolute Gasteiger partial charge is 0.253 e. The van der Waals surface area contributed by atoms with Crippen molar-refractivity contribution in [2.24, 2.45) is 5.92 Å². The van der Waals surface area contributed by atoms with Crippen LogP contribution >= 0.6 is 0 Å². The summed E-state index contributed by atoms with van der Waals surface area (Å²) in [5, 5.41) is 2.91. The lowest BCUT2D eigenvalue weighted by Crippen LogP contribution is -2.36. The molecule has 0 saturated carbocycles. The fourth-order valence-corrected chi connectivity index (χ4v) is 1.37. The van der Waals surface area contributed by atoms with Gasteiger partial charge in [0.25, 0.3) is 5.91 Å². The Hall–Kier alpha value is -1.71. The van der Waals surface area contributed by atoms with E-state index in [1.54, 1.807) is 18.2 Å². The molecule has 1 unspecified atom stereocenters. The van der Waals surface area contributed by atoms with Crippen molar-refractivity contribution >= 4 is 11.6 Å². The third-order valence-corrected chi connectivity index (χ3v) is 2.89. The molecule has 1 aromatic carbocycles. The van der Waals surface area contributed by atoms with Gasteiger partial charge in [-0.25, -0.2) is 0 Å². The summed E-state index contributed by atoms with van der Waals surface area (Å²) in [6.45, 7) is 6.08. The van der Waals surface area contributed by atoms with Crippen molar-refractivity contribution < 1.29 is 9.53 Å². The molecule has 0 saturated heterocycles. The van der Waals surface area contributed by atoms with Crippen molar-refractivity contribution in [3.05, 3.63) is 23.8 Å². The highest BCUT2D eigenvalue weighted by Gasteiger charge is 2.16. The van der Waals surface area contributed by atoms with Gasteiger partial charge >= 0.3 is 0 Å². The van der Waals surface area contributed by atoms with Crippen LogP contribution in [0.2, 0.25) is 0 Å². The molecule has 1 atom stereocenters. The largest absolute Gasteiger partial charge is 0.495 e. The first-order valence-corrected chi connectivity index (χ1v) is 5.70. The number of nitrogens with two attached hydrogens (primary N) is 1. The molecule has 3 N–H and O–H groups in total. The van der Waals surface area contributed by atoms with Crippen molar-refractivity contribution in [3.63, 3.8) is 0 Å². The predicted octanol–water partition coefficient (Wildman–Crippen LogP) is 2.05. The van der Waals surface area contributed by atoms with Gasteiger partial charge < -0.3 is 15.8 Å². The molecule has 1 amide bonds. The average Bonchev–Trinajstić information content (AvgIpc) is 2.28. The van der Waals surface area contributed by atoms with Gasteiger partial charge in [-0.05, 0) is 25.0 Å². The lowest BCUT2D eigenvalue weighted by atomic mass is 10.1. The topological polar surface area (TPSA) is 64.3 Å². The van der Waals surface area contributed by atoms with Crippen molar-refractivity contribution in [3.8, 4) is 5.75 Å². The fraction of sp³-hybridized carbons (Fsp3) is 0.462. The number of carbonyl (C=O) groups excluding carboxylic acids is 1. The molecular weight excluding hydrogens is 216 g/mol. The van der Waals surface area contributed by atoms with Crippen molar-refractivity contribution in [1.29, 1.82) is 0 Å². The van der Waals surface area contributed by atoms with E-state index in [-0.39, 0.29) is 11.9 Å². The molecule has 4 heteroatoms. The first-order chi connectivity index (χ1) is 7.97. The third kappa shape index (κ3) is 3.12. The van der Waals surface area contributed by atoms with E-state index in [1.807, 2.05) is 6.92 Å². The molecule has 0 aromatic heterocycles. The van der Waals surface area contributed by atoms with E-state index < -0.39 is 0 Å². The van der Waals surface area contributed by atoms with Gasteiger partial charge in [0.15, 0.2) is 0 Å². The number of nitrogen functional groups attached to an aromatic ring is 1. The standard InChI is InChI=1S/C13H20N2O2/c1-8(2)9(3)15-13(16)10-6-5-7-11(17-4)12(10)14/h5-9H,14H2,1-4H3,(H,15,16). The minimum Gasteiger partial charge on any atom is -0.495 e. The van der Waals surface area contributed by atoms with Crippen LogP contribution in [0.4, 0.5) is 5.69 Å². The Labute approximate surface area is 102 Å². The zero-order chi connectivity index (χ0) is 13.0. The van der Waals surface area contributed by atoms with Crippen molar-refractivity contribution in [1.82, 2.24) is 5.32 Å². The van der Waals surface area contributed by atoms with E-state index in [4.69, 9.17) is 10.5 Å². The lowest BCUT2D eigenvalue weighted by Gasteiger charge is -2.18. The van der Waals surface area contributed by atoms with Crippen LogP contribution in [0, 0.1) is 5.92 Å². The molecule has 0 aliphatic carbocycles. The molecule has 0 spiro atoms. The van der Waals surface area contributed by atoms with Crippen LogP contribution in [0.5, 0.6) is 5.75 Å². The van der Waals surface area contributed by atoms with Gasteiger partial charge in [-0.1, -0.05) is 19.9 Å². The Kier molecular flexibility index (Phi) is 4.37. The summed E-state index contributed by atoms with van der Waals surface area (Å²) in [4.78, 5) is 12.0. The first-order valence-electron chi connectivity index (χ1n) is 5.70. The van der Waals surface area contributed by atoms with Gasteiger partial charge in [0.2, 0.25) is 0 Å². The highest BCUT2D eigenvalue weighted by molar-refractivity contribution is 6.00. The normalized spacial score (nSPS) is 12.3. The molecule has 1 rings (SSSR count). The van der Waals surface area contributed by atoms with Crippen LogP contribution in [0.15, 0.2) is 18.2 Å².